The van der Waals surface area contributed by atoms with Crippen LogP contribution in [0.15, 0.2) is 36.5 Å². The lowest BCUT2D eigenvalue weighted by Gasteiger charge is -2.32. The highest BCUT2D eigenvalue weighted by molar-refractivity contribution is 6.36. The average Bonchev–Trinajstić information content (AvgIpc) is 2.60. The molecular weight excluding hydrogens is 364 g/mol. The molecule has 2 heterocycles. The second-order valence-corrected chi connectivity index (χ2v) is 6.91. The number of hydrogen-bond acceptors (Lipinski definition) is 3. The molecule has 4 nitrogen and oxygen atoms in total. The monoisotopic (exact) mass is 381 g/mol. The molecule has 1 aliphatic heterocycles. The highest BCUT2D eigenvalue weighted by Crippen LogP contribution is 2.24. The van der Waals surface area contributed by atoms with E-state index >= 15 is 0 Å². The molecule has 0 spiro atoms. The third-order valence-corrected chi connectivity index (χ3v) is 4.89. The normalized spacial score (nSPS) is 16.0. The number of nitrogens with zero attached hydrogens (tertiary/aromatic N) is 2. The van der Waals surface area contributed by atoms with Gasteiger partial charge in [-0.2, -0.15) is 0 Å². The molecule has 25 heavy (non-hydrogen) atoms. The highest BCUT2D eigenvalue weighted by atomic mass is 35.5. The Morgan fingerprint density at radius 2 is 2.00 bits per heavy atom. The second-order valence-electron chi connectivity index (χ2n) is 6.09. The maximum atomic E-state index is 13.6. The van der Waals surface area contributed by atoms with Gasteiger partial charge in [-0.3, -0.25) is 14.7 Å². The van der Waals surface area contributed by atoms with E-state index in [1.54, 1.807) is 6.20 Å². The third-order valence-electron chi connectivity index (χ3n) is 4.29. The van der Waals surface area contributed by atoms with Gasteiger partial charge >= 0.3 is 0 Å². The largest absolute Gasteiger partial charge is 0.349 e. The van der Waals surface area contributed by atoms with Gasteiger partial charge in [0.2, 0.25) is 0 Å². The summed E-state index contributed by atoms with van der Waals surface area (Å²) in [6.45, 7) is 2.53. The Morgan fingerprint density at radius 3 is 2.68 bits per heavy atom. The van der Waals surface area contributed by atoms with Gasteiger partial charge in [0.25, 0.3) is 5.91 Å². The van der Waals surface area contributed by atoms with Gasteiger partial charge in [-0.25, -0.2) is 4.39 Å². The van der Waals surface area contributed by atoms with E-state index in [-0.39, 0.29) is 27.6 Å². The topological polar surface area (TPSA) is 45.2 Å². The Labute approximate surface area is 156 Å². The first-order valence-electron chi connectivity index (χ1n) is 8.10. The molecule has 1 N–H and O–H groups in total. The molecule has 0 aliphatic carbocycles. The van der Waals surface area contributed by atoms with E-state index in [2.05, 4.69) is 15.2 Å². The number of hydrogen-bond donors (Lipinski definition) is 1. The zero-order valence-electron chi connectivity index (χ0n) is 13.5. The molecule has 0 radical (unpaired) electrons. The minimum absolute atomic E-state index is 0.0438. The van der Waals surface area contributed by atoms with Crippen molar-refractivity contribution in [1.29, 1.82) is 0 Å². The van der Waals surface area contributed by atoms with Crippen molar-refractivity contribution in [3.05, 3.63) is 63.6 Å². The van der Waals surface area contributed by atoms with Crippen LogP contribution in [0.2, 0.25) is 10.0 Å². The van der Waals surface area contributed by atoms with Crippen molar-refractivity contribution in [2.45, 2.75) is 25.4 Å². The van der Waals surface area contributed by atoms with Gasteiger partial charge in [-0.05, 0) is 37.1 Å². The Kier molecular flexibility index (Phi) is 5.89. The average molecular weight is 382 g/mol. The summed E-state index contributed by atoms with van der Waals surface area (Å²) in [6, 6.07) is 8.26. The van der Waals surface area contributed by atoms with Gasteiger partial charge in [-0.1, -0.05) is 29.3 Å². The van der Waals surface area contributed by atoms with E-state index in [1.165, 1.54) is 6.07 Å². The number of carbonyl (C=O) groups is 1. The van der Waals surface area contributed by atoms with Crippen molar-refractivity contribution < 1.29 is 9.18 Å². The summed E-state index contributed by atoms with van der Waals surface area (Å²) in [5, 5.41) is 2.99. The summed E-state index contributed by atoms with van der Waals surface area (Å²) in [5.74, 6) is -1.02. The van der Waals surface area contributed by atoms with Gasteiger partial charge in [0.15, 0.2) is 0 Å². The summed E-state index contributed by atoms with van der Waals surface area (Å²) in [5.41, 5.74) is 1.15. The number of amides is 1. The van der Waals surface area contributed by atoms with Crippen LogP contribution in [0.25, 0.3) is 0 Å². The van der Waals surface area contributed by atoms with Gasteiger partial charge in [-0.15, -0.1) is 0 Å². The minimum Gasteiger partial charge on any atom is -0.349 e. The number of halogens is 3. The lowest BCUT2D eigenvalue weighted by molar-refractivity contribution is 0.0908. The Bertz CT molecular complexity index is 749. The molecule has 0 bridgehead atoms. The maximum Gasteiger partial charge on any atom is 0.253 e. The molecule has 0 unspecified atom stereocenters. The van der Waals surface area contributed by atoms with E-state index in [4.69, 9.17) is 23.2 Å². The van der Waals surface area contributed by atoms with Crippen molar-refractivity contribution in [3.63, 3.8) is 0 Å². The van der Waals surface area contributed by atoms with Gasteiger partial charge in [0.05, 0.1) is 21.3 Å². The van der Waals surface area contributed by atoms with Crippen LogP contribution >= 0.6 is 23.2 Å². The lowest BCUT2D eigenvalue weighted by Crippen LogP contribution is -2.44. The quantitative estimate of drug-likeness (QED) is 0.816. The molecule has 1 aliphatic rings. The fraction of sp³-hybridized carbons (Fsp3) is 0.333. The fourth-order valence-electron chi connectivity index (χ4n) is 2.92. The molecule has 1 amide bonds. The van der Waals surface area contributed by atoms with Crippen LogP contribution in [0.4, 0.5) is 4.39 Å². The summed E-state index contributed by atoms with van der Waals surface area (Å²) in [7, 11) is 0. The molecule has 132 valence electrons. The zero-order valence-corrected chi connectivity index (χ0v) is 15.0. The van der Waals surface area contributed by atoms with Gasteiger partial charge in [0, 0.05) is 31.9 Å². The number of pyridine rings is 1. The molecule has 1 saturated heterocycles. The molecule has 3 rings (SSSR count). The van der Waals surface area contributed by atoms with Crippen LogP contribution in [-0.4, -0.2) is 34.9 Å². The Hall–Kier alpha value is -1.69. The van der Waals surface area contributed by atoms with E-state index < -0.39 is 5.82 Å². The molecule has 0 atom stereocenters. The molecule has 0 saturated carbocycles. The van der Waals surface area contributed by atoms with Crippen LogP contribution in [-0.2, 0) is 6.54 Å². The summed E-state index contributed by atoms with van der Waals surface area (Å²) >= 11 is 11.7. The number of nitrogens with one attached hydrogen (secondary N) is 1. The first kappa shape index (κ1) is 18.1. The molecule has 1 fully saturated rings. The molecule has 1 aromatic heterocycles. The predicted molar refractivity (Wildman–Crippen MR) is 96.4 cm³/mol. The summed E-state index contributed by atoms with van der Waals surface area (Å²) < 4.78 is 13.6. The first-order chi connectivity index (χ1) is 12.0. The molecule has 7 heteroatoms. The number of piperidine rings is 1. The van der Waals surface area contributed by atoms with E-state index in [9.17, 15) is 9.18 Å². The second kappa shape index (κ2) is 8.13. The number of likely N-dealkylation sites (tertiary alicyclic amines) is 1. The summed E-state index contributed by atoms with van der Waals surface area (Å²) in [6.07, 6.45) is 3.44. The van der Waals surface area contributed by atoms with Crippen molar-refractivity contribution in [2.24, 2.45) is 0 Å². The number of carbonyl (C=O) groups excluding carboxylic acids is 1. The molecular formula is C18H18Cl2FN3O. The minimum atomic E-state index is -0.651. The van der Waals surface area contributed by atoms with Gasteiger partial charge in [0.1, 0.15) is 5.82 Å². The Morgan fingerprint density at radius 1 is 1.24 bits per heavy atom. The predicted octanol–water partition coefficient (Wildman–Crippen LogP) is 3.92. The highest BCUT2D eigenvalue weighted by Gasteiger charge is 2.23. The molecule has 2 aromatic rings. The van der Waals surface area contributed by atoms with Crippen LogP contribution in [0.5, 0.6) is 0 Å². The number of benzene rings is 1. The van der Waals surface area contributed by atoms with Crippen molar-refractivity contribution in [1.82, 2.24) is 15.2 Å². The SMILES string of the molecule is O=C(NC1CCN(Cc2ccccn2)CC1)c1cc(F)c(Cl)cc1Cl. The first-order valence-corrected chi connectivity index (χ1v) is 8.86. The van der Waals surface area contributed by atoms with Crippen LogP contribution in [0.1, 0.15) is 28.9 Å². The maximum absolute atomic E-state index is 13.6. The van der Waals surface area contributed by atoms with Crippen LogP contribution < -0.4 is 5.32 Å². The van der Waals surface area contributed by atoms with Gasteiger partial charge < -0.3 is 5.32 Å². The summed E-state index contributed by atoms with van der Waals surface area (Å²) in [4.78, 5) is 19.0. The smallest absolute Gasteiger partial charge is 0.253 e. The van der Waals surface area contributed by atoms with Crippen molar-refractivity contribution >= 4 is 29.1 Å². The van der Waals surface area contributed by atoms with Crippen LogP contribution in [0.3, 0.4) is 0 Å². The van der Waals surface area contributed by atoms with Crippen molar-refractivity contribution in [3.8, 4) is 0 Å². The van der Waals surface area contributed by atoms with E-state index in [0.29, 0.717) is 0 Å². The third kappa shape index (κ3) is 4.69. The zero-order chi connectivity index (χ0) is 17.8. The van der Waals surface area contributed by atoms with E-state index in [0.717, 1.165) is 44.2 Å². The Balaban J connectivity index is 1.54. The van der Waals surface area contributed by atoms with E-state index in [1.807, 2.05) is 18.2 Å². The lowest BCUT2D eigenvalue weighted by atomic mass is 10.0. The fourth-order valence-corrected chi connectivity index (χ4v) is 3.38. The van der Waals surface area contributed by atoms with Crippen LogP contribution in [0, 0.1) is 5.82 Å². The molecule has 1 aromatic carbocycles. The number of aromatic nitrogens is 1. The number of rotatable bonds is 4. The van der Waals surface area contributed by atoms with Crippen molar-refractivity contribution in [2.75, 3.05) is 13.1 Å². The standard InChI is InChI=1S/C18H18Cl2FN3O/c19-15-10-16(20)17(21)9-14(15)18(25)23-12-4-7-24(8-5-12)11-13-3-1-2-6-22-13/h1-3,6,9-10,12H,4-5,7-8,11H2,(H,23,25).